The van der Waals surface area contributed by atoms with Crippen LogP contribution in [0.15, 0.2) is 39.5 Å². The third-order valence-corrected chi connectivity index (χ3v) is 6.39. The van der Waals surface area contributed by atoms with Gasteiger partial charge in [-0.1, -0.05) is 17.7 Å². The maximum Gasteiger partial charge on any atom is 0.247 e. The summed E-state index contributed by atoms with van der Waals surface area (Å²) in [5.74, 6) is 1.33. The van der Waals surface area contributed by atoms with Crippen molar-refractivity contribution in [2.45, 2.75) is 17.2 Å². The third kappa shape index (κ3) is 7.45. The van der Waals surface area contributed by atoms with E-state index in [1.807, 2.05) is 12.1 Å². The van der Waals surface area contributed by atoms with Gasteiger partial charge in [0.15, 0.2) is 5.96 Å². The second-order valence-electron chi connectivity index (χ2n) is 5.33. The minimum atomic E-state index is -3.66. The van der Waals surface area contributed by atoms with Crippen molar-refractivity contribution in [1.29, 1.82) is 0 Å². The summed E-state index contributed by atoms with van der Waals surface area (Å²) >= 11 is 7.36. The number of ether oxygens (including phenoxy) is 1. The summed E-state index contributed by atoms with van der Waals surface area (Å²) in [4.78, 5) is 4.99. The molecular formula is C16H22ClIN4O3S2. The molecule has 0 radical (unpaired) electrons. The second-order valence-corrected chi connectivity index (χ2v) is 8.69. The predicted molar refractivity (Wildman–Crippen MR) is 121 cm³/mol. The molecule has 150 valence electrons. The van der Waals surface area contributed by atoms with Gasteiger partial charge >= 0.3 is 0 Å². The van der Waals surface area contributed by atoms with Crippen LogP contribution in [0, 0.1) is 0 Å². The van der Waals surface area contributed by atoms with Gasteiger partial charge in [-0.05, 0) is 36.2 Å². The number of hydrogen-bond donors (Lipinski definition) is 3. The van der Waals surface area contributed by atoms with Gasteiger partial charge in [-0.25, -0.2) is 13.6 Å². The molecule has 0 fully saturated rings. The summed E-state index contributed by atoms with van der Waals surface area (Å²) in [5, 5.41) is 12.1. The molecular weight excluding hydrogens is 523 g/mol. The molecule has 0 bridgehead atoms. The number of thiophene rings is 1. The van der Waals surface area contributed by atoms with Gasteiger partial charge in [-0.3, -0.25) is 4.99 Å². The molecule has 2 aromatic rings. The van der Waals surface area contributed by atoms with Gasteiger partial charge < -0.3 is 15.4 Å². The van der Waals surface area contributed by atoms with Crippen LogP contribution in [0.2, 0.25) is 5.02 Å². The standard InChI is InChI=1S/C16H21ClN4O3S2.HI/c1-19-16(21-10-13-5-6-15(25-13)26(18,22)23)20-8-7-11-3-4-12(24-2)9-14(11)17;/h3-6,9H,7-8,10H2,1-2H3,(H2,18,22,23)(H2,19,20,21);1H. The Morgan fingerprint density at radius 3 is 2.59 bits per heavy atom. The highest BCUT2D eigenvalue weighted by Gasteiger charge is 2.11. The fourth-order valence-electron chi connectivity index (χ4n) is 2.17. The van der Waals surface area contributed by atoms with E-state index in [-0.39, 0.29) is 28.2 Å². The number of guanidine groups is 1. The van der Waals surface area contributed by atoms with Crippen LogP contribution in [-0.4, -0.2) is 35.1 Å². The molecule has 1 aromatic heterocycles. The topological polar surface area (TPSA) is 106 Å². The first-order valence-electron chi connectivity index (χ1n) is 7.72. The van der Waals surface area contributed by atoms with E-state index in [1.54, 1.807) is 26.3 Å². The van der Waals surface area contributed by atoms with Gasteiger partial charge in [0.2, 0.25) is 10.0 Å². The van der Waals surface area contributed by atoms with Crippen molar-refractivity contribution in [1.82, 2.24) is 10.6 Å². The lowest BCUT2D eigenvalue weighted by molar-refractivity contribution is 0.414. The smallest absolute Gasteiger partial charge is 0.247 e. The van der Waals surface area contributed by atoms with E-state index in [0.717, 1.165) is 33.9 Å². The summed E-state index contributed by atoms with van der Waals surface area (Å²) in [5.41, 5.74) is 1.01. The zero-order valence-electron chi connectivity index (χ0n) is 14.9. The summed E-state index contributed by atoms with van der Waals surface area (Å²) in [6, 6.07) is 8.80. The molecule has 1 heterocycles. The molecule has 0 atom stereocenters. The first kappa shape index (κ1) is 24.0. The zero-order valence-corrected chi connectivity index (χ0v) is 19.6. The van der Waals surface area contributed by atoms with Gasteiger partial charge in [0, 0.05) is 23.5 Å². The molecule has 0 unspecified atom stereocenters. The fraction of sp³-hybridized carbons (Fsp3) is 0.312. The van der Waals surface area contributed by atoms with E-state index < -0.39 is 10.0 Å². The number of hydrogen-bond acceptors (Lipinski definition) is 5. The van der Waals surface area contributed by atoms with Crippen LogP contribution in [0.3, 0.4) is 0 Å². The molecule has 0 aliphatic heterocycles. The molecule has 2 rings (SSSR count). The van der Waals surface area contributed by atoms with Crippen LogP contribution in [0.25, 0.3) is 0 Å². The fourth-order valence-corrected chi connectivity index (χ4v) is 4.15. The maximum absolute atomic E-state index is 11.3. The molecule has 0 spiro atoms. The van der Waals surface area contributed by atoms with E-state index in [2.05, 4.69) is 15.6 Å². The first-order valence-corrected chi connectivity index (χ1v) is 10.5. The van der Waals surface area contributed by atoms with Crippen molar-refractivity contribution in [3.8, 4) is 5.75 Å². The van der Waals surface area contributed by atoms with Crippen molar-refractivity contribution in [3.05, 3.63) is 45.8 Å². The molecule has 0 aliphatic rings. The number of nitrogens with zero attached hydrogens (tertiary/aromatic N) is 1. The van der Waals surface area contributed by atoms with Crippen LogP contribution >= 0.6 is 46.9 Å². The Labute approximate surface area is 185 Å². The van der Waals surface area contributed by atoms with E-state index in [4.69, 9.17) is 21.5 Å². The minimum Gasteiger partial charge on any atom is -0.497 e. The Balaban J connectivity index is 0.00000364. The monoisotopic (exact) mass is 544 g/mol. The first-order chi connectivity index (χ1) is 12.3. The highest BCUT2D eigenvalue weighted by Crippen LogP contribution is 2.22. The lowest BCUT2D eigenvalue weighted by Crippen LogP contribution is -2.37. The van der Waals surface area contributed by atoms with Gasteiger partial charge in [-0.2, -0.15) is 0 Å². The number of primary sulfonamides is 1. The molecule has 0 amide bonds. The molecule has 1 aromatic carbocycles. The van der Waals surface area contributed by atoms with Crippen LogP contribution in [0.1, 0.15) is 10.4 Å². The maximum atomic E-state index is 11.3. The zero-order chi connectivity index (χ0) is 19.2. The average Bonchev–Trinajstić information content (AvgIpc) is 3.08. The van der Waals surface area contributed by atoms with Crippen molar-refractivity contribution in [2.24, 2.45) is 10.1 Å². The minimum absolute atomic E-state index is 0. The number of nitrogens with two attached hydrogens (primary N) is 1. The van der Waals surface area contributed by atoms with Crippen molar-refractivity contribution in [3.63, 3.8) is 0 Å². The Morgan fingerprint density at radius 1 is 1.30 bits per heavy atom. The van der Waals surface area contributed by atoms with Crippen LogP contribution in [0.4, 0.5) is 0 Å². The van der Waals surface area contributed by atoms with E-state index in [0.29, 0.717) is 24.1 Å². The third-order valence-electron chi connectivity index (χ3n) is 3.52. The van der Waals surface area contributed by atoms with Crippen LogP contribution in [-0.2, 0) is 23.0 Å². The van der Waals surface area contributed by atoms with Crippen molar-refractivity contribution < 1.29 is 13.2 Å². The van der Waals surface area contributed by atoms with Gasteiger partial charge in [-0.15, -0.1) is 35.3 Å². The SMILES string of the molecule is CN=C(NCCc1ccc(OC)cc1Cl)NCc1ccc(S(N)(=O)=O)s1.I. The van der Waals surface area contributed by atoms with Gasteiger partial charge in [0.05, 0.1) is 13.7 Å². The molecule has 0 saturated carbocycles. The Hall–Kier alpha value is -1.08. The summed E-state index contributed by atoms with van der Waals surface area (Å²) in [7, 11) is -0.391. The average molecular weight is 545 g/mol. The van der Waals surface area contributed by atoms with E-state index >= 15 is 0 Å². The van der Waals surface area contributed by atoms with E-state index in [9.17, 15) is 8.42 Å². The number of benzene rings is 1. The highest BCUT2D eigenvalue weighted by molar-refractivity contribution is 14.0. The molecule has 27 heavy (non-hydrogen) atoms. The Kier molecular flexibility index (Phi) is 9.81. The van der Waals surface area contributed by atoms with Crippen LogP contribution < -0.4 is 20.5 Å². The lowest BCUT2D eigenvalue weighted by Gasteiger charge is -2.12. The molecule has 11 heteroatoms. The van der Waals surface area contributed by atoms with Gasteiger partial charge in [0.25, 0.3) is 0 Å². The Morgan fingerprint density at radius 2 is 2.04 bits per heavy atom. The number of nitrogens with one attached hydrogen (secondary N) is 2. The second kappa shape index (κ2) is 11.1. The number of sulfonamides is 1. The van der Waals surface area contributed by atoms with E-state index in [1.165, 1.54) is 6.07 Å². The normalized spacial score (nSPS) is 11.6. The van der Waals surface area contributed by atoms with Gasteiger partial charge in [0.1, 0.15) is 9.96 Å². The van der Waals surface area contributed by atoms with Crippen LogP contribution in [0.5, 0.6) is 5.75 Å². The summed E-state index contributed by atoms with van der Waals surface area (Å²) in [6.45, 7) is 1.09. The predicted octanol–water partition coefficient (Wildman–Crippen LogP) is 2.58. The lowest BCUT2D eigenvalue weighted by atomic mass is 10.1. The molecule has 4 N–H and O–H groups in total. The highest BCUT2D eigenvalue weighted by atomic mass is 127. The summed E-state index contributed by atoms with van der Waals surface area (Å²) in [6.07, 6.45) is 0.720. The Bertz CT molecular complexity index is 888. The summed E-state index contributed by atoms with van der Waals surface area (Å²) < 4.78 is 27.9. The quantitative estimate of drug-likeness (QED) is 0.282. The number of aliphatic imine (C=N–C) groups is 1. The number of halogens is 2. The largest absolute Gasteiger partial charge is 0.497 e. The molecule has 0 saturated heterocycles. The number of rotatable bonds is 7. The molecule has 0 aliphatic carbocycles. The molecule has 7 nitrogen and oxygen atoms in total. The van der Waals surface area contributed by atoms with Crippen molar-refractivity contribution in [2.75, 3.05) is 20.7 Å². The number of methoxy groups -OCH3 is 1. The van der Waals surface area contributed by atoms with Crippen molar-refractivity contribution >= 4 is 62.9 Å².